The van der Waals surface area contributed by atoms with Crippen LogP contribution in [0.5, 0.6) is 0 Å². The van der Waals surface area contributed by atoms with E-state index < -0.39 is 5.97 Å². The average molecular weight is 206 g/mol. The maximum atomic E-state index is 11.1. The van der Waals surface area contributed by atoms with Gasteiger partial charge in [-0.05, 0) is 24.1 Å². The number of carboxylic acid groups (broad SMARTS) is 1. The van der Waals surface area contributed by atoms with Crippen LogP contribution in [0, 0.1) is 6.92 Å². The lowest BCUT2D eigenvalue weighted by Gasteiger charge is -2.10. The predicted molar refractivity (Wildman–Crippen MR) is 54.4 cm³/mol. The van der Waals surface area contributed by atoms with Crippen LogP contribution in [0.15, 0.2) is 18.2 Å². The minimum Gasteiger partial charge on any atom is -0.545 e. The number of nitrogens with one attached hydrogen (secondary N) is 1. The fourth-order valence-electron chi connectivity index (χ4n) is 1.12. The summed E-state index contributed by atoms with van der Waals surface area (Å²) in [5.41, 5.74) is 1.40. The minimum atomic E-state index is -1.25. The lowest BCUT2D eigenvalue weighted by Crippen LogP contribution is -2.22. The molecule has 0 radical (unpaired) electrons. The Morgan fingerprint density at radius 1 is 1.40 bits per heavy atom. The summed E-state index contributed by atoms with van der Waals surface area (Å²) >= 11 is 0. The highest BCUT2D eigenvalue weighted by atomic mass is 16.4. The zero-order valence-corrected chi connectivity index (χ0v) is 8.66. The SMILES string of the molecule is CCC(=O)Nc1cc(C(=O)[O-])ccc1C. The topological polar surface area (TPSA) is 69.2 Å². The first-order valence-electron chi connectivity index (χ1n) is 4.66. The summed E-state index contributed by atoms with van der Waals surface area (Å²) in [5, 5.41) is 13.2. The first kappa shape index (κ1) is 11.2. The Labute approximate surface area is 87.9 Å². The molecule has 0 saturated carbocycles. The molecule has 0 aliphatic heterocycles. The molecule has 0 fully saturated rings. The first-order chi connectivity index (χ1) is 7.04. The summed E-state index contributed by atoms with van der Waals surface area (Å²) in [6, 6.07) is 4.49. The smallest absolute Gasteiger partial charge is 0.224 e. The molecule has 0 aromatic heterocycles. The maximum absolute atomic E-state index is 11.1. The van der Waals surface area contributed by atoms with Gasteiger partial charge in [0, 0.05) is 12.1 Å². The Kier molecular flexibility index (Phi) is 3.44. The van der Waals surface area contributed by atoms with Crippen molar-refractivity contribution in [3.05, 3.63) is 29.3 Å². The van der Waals surface area contributed by atoms with Crippen LogP contribution in [0.1, 0.15) is 29.3 Å². The van der Waals surface area contributed by atoms with Gasteiger partial charge in [0.1, 0.15) is 0 Å². The maximum Gasteiger partial charge on any atom is 0.224 e. The number of anilines is 1. The van der Waals surface area contributed by atoms with Crippen LogP contribution in [-0.4, -0.2) is 11.9 Å². The number of hydrogen-bond acceptors (Lipinski definition) is 3. The molecule has 80 valence electrons. The van der Waals surface area contributed by atoms with E-state index in [4.69, 9.17) is 0 Å². The van der Waals surface area contributed by atoms with Gasteiger partial charge in [-0.3, -0.25) is 4.79 Å². The normalized spacial score (nSPS) is 9.73. The number of carbonyl (C=O) groups excluding carboxylic acids is 2. The van der Waals surface area contributed by atoms with E-state index in [9.17, 15) is 14.7 Å². The van der Waals surface area contributed by atoms with Gasteiger partial charge in [0.15, 0.2) is 0 Å². The van der Waals surface area contributed by atoms with Crippen LogP contribution < -0.4 is 10.4 Å². The van der Waals surface area contributed by atoms with Crippen molar-refractivity contribution in [2.75, 3.05) is 5.32 Å². The highest BCUT2D eigenvalue weighted by Gasteiger charge is 2.04. The van der Waals surface area contributed by atoms with E-state index in [2.05, 4.69) is 5.32 Å². The van der Waals surface area contributed by atoms with Crippen molar-refractivity contribution >= 4 is 17.6 Å². The molecule has 4 nitrogen and oxygen atoms in total. The van der Waals surface area contributed by atoms with Gasteiger partial charge in [-0.25, -0.2) is 0 Å². The standard InChI is InChI=1S/C11H13NO3/c1-3-10(13)12-9-6-8(11(14)15)5-4-7(9)2/h4-6H,3H2,1-2H3,(H,12,13)(H,14,15)/p-1. The Bertz CT molecular complexity index is 399. The molecule has 4 heteroatoms. The quantitative estimate of drug-likeness (QED) is 0.791. The molecule has 0 bridgehead atoms. The molecule has 0 atom stereocenters. The van der Waals surface area contributed by atoms with E-state index in [0.717, 1.165) is 5.56 Å². The Hall–Kier alpha value is -1.84. The second-order valence-electron chi connectivity index (χ2n) is 3.22. The van der Waals surface area contributed by atoms with Crippen LogP contribution in [0.25, 0.3) is 0 Å². The van der Waals surface area contributed by atoms with E-state index in [1.54, 1.807) is 19.9 Å². The van der Waals surface area contributed by atoms with Gasteiger partial charge < -0.3 is 15.2 Å². The summed E-state index contributed by atoms with van der Waals surface area (Å²) in [6.07, 6.45) is 0.356. The number of hydrogen-bond donors (Lipinski definition) is 1. The molecule has 1 N–H and O–H groups in total. The molecule has 0 saturated heterocycles. The van der Waals surface area contributed by atoms with Gasteiger partial charge in [-0.15, -0.1) is 0 Å². The zero-order valence-electron chi connectivity index (χ0n) is 8.66. The van der Waals surface area contributed by atoms with Crippen LogP contribution >= 0.6 is 0 Å². The van der Waals surface area contributed by atoms with Crippen molar-refractivity contribution in [1.29, 1.82) is 0 Å². The van der Waals surface area contributed by atoms with Crippen molar-refractivity contribution in [3.8, 4) is 0 Å². The molecule has 15 heavy (non-hydrogen) atoms. The highest BCUT2D eigenvalue weighted by Crippen LogP contribution is 2.16. The molecule has 1 aromatic carbocycles. The third kappa shape index (κ3) is 2.80. The minimum absolute atomic E-state index is 0.0620. The first-order valence-corrected chi connectivity index (χ1v) is 4.66. The number of carbonyl (C=O) groups is 2. The molecule has 0 aliphatic rings. The van der Waals surface area contributed by atoms with E-state index in [-0.39, 0.29) is 11.5 Å². The third-order valence-electron chi connectivity index (χ3n) is 2.07. The van der Waals surface area contributed by atoms with Crippen LogP contribution in [0.2, 0.25) is 0 Å². The molecule has 0 heterocycles. The predicted octanol–water partition coefficient (Wildman–Crippen LogP) is 0.707. The number of benzene rings is 1. The average Bonchev–Trinajstić information content (AvgIpc) is 2.20. The summed E-state index contributed by atoms with van der Waals surface area (Å²) in [5.74, 6) is -1.39. The second-order valence-corrected chi connectivity index (χ2v) is 3.22. The zero-order chi connectivity index (χ0) is 11.4. The molecule has 1 rings (SSSR count). The van der Waals surface area contributed by atoms with Crippen molar-refractivity contribution in [3.63, 3.8) is 0 Å². The third-order valence-corrected chi connectivity index (χ3v) is 2.07. The Balaban J connectivity index is 3.00. The number of rotatable bonds is 3. The summed E-state index contributed by atoms with van der Waals surface area (Å²) in [7, 11) is 0. The van der Waals surface area contributed by atoms with Crippen LogP contribution in [-0.2, 0) is 4.79 Å². The Morgan fingerprint density at radius 3 is 2.60 bits per heavy atom. The summed E-state index contributed by atoms with van der Waals surface area (Å²) in [4.78, 5) is 21.7. The lowest BCUT2D eigenvalue weighted by atomic mass is 10.1. The summed E-state index contributed by atoms with van der Waals surface area (Å²) in [6.45, 7) is 3.53. The summed E-state index contributed by atoms with van der Waals surface area (Å²) < 4.78 is 0. The van der Waals surface area contributed by atoms with Gasteiger partial charge in [-0.1, -0.05) is 19.1 Å². The largest absolute Gasteiger partial charge is 0.545 e. The Morgan fingerprint density at radius 2 is 2.07 bits per heavy atom. The molecule has 0 unspecified atom stereocenters. The number of carboxylic acids is 1. The molecular formula is C11H12NO3-. The second kappa shape index (κ2) is 4.59. The fourth-order valence-corrected chi connectivity index (χ4v) is 1.12. The van der Waals surface area contributed by atoms with E-state index in [1.165, 1.54) is 12.1 Å². The number of aryl methyl sites for hydroxylation is 1. The highest BCUT2D eigenvalue weighted by molar-refractivity contribution is 5.94. The molecule has 1 amide bonds. The molecule has 0 spiro atoms. The molecule has 1 aromatic rings. The van der Waals surface area contributed by atoms with Gasteiger partial charge in [0.25, 0.3) is 0 Å². The van der Waals surface area contributed by atoms with Gasteiger partial charge >= 0.3 is 0 Å². The van der Waals surface area contributed by atoms with E-state index in [0.29, 0.717) is 12.1 Å². The number of aromatic carboxylic acids is 1. The lowest BCUT2D eigenvalue weighted by molar-refractivity contribution is -0.255. The van der Waals surface area contributed by atoms with E-state index in [1.807, 2.05) is 0 Å². The van der Waals surface area contributed by atoms with Crippen molar-refractivity contribution < 1.29 is 14.7 Å². The number of amides is 1. The monoisotopic (exact) mass is 206 g/mol. The fraction of sp³-hybridized carbons (Fsp3) is 0.273. The van der Waals surface area contributed by atoms with Crippen LogP contribution in [0.3, 0.4) is 0 Å². The van der Waals surface area contributed by atoms with Crippen molar-refractivity contribution in [2.45, 2.75) is 20.3 Å². The van der Waals surface area contributed by atoms with Gasteiger partial charge in [0.2, 0.25) is 5.91 Å². The van der Waals surface area contributed by atoms with Crippen molar-refractivity contribution in [1.82, 2.24) is 0 Å². The molecule has 0 aliphatic carbocycles. The molecular weight excluding hydrogens is 194 g/mol. The van der Waals surface area contributed by atoms with Crippen molar-refractivity contribution in [2.24, 2.45) is 0 Å². The van der Waals surface area contributed by atoms with Crippen LogP contribution in [0.4, 0.5) is 5.69 Å². The van der Waals surface area contributed by atoms with Gasteiger partial charge in [-0.2, -0.15) is 0 Å². The van der Waals surface area contributed by atoms with Gasteiger partial charge in [0.05, 0.1) is 5.97 Å². The van der Waals surface area contributed by atoms with E-state index >= 15 is 0 Å².